The quantitative estimate of drug-likeness (QED) is 0.784. The second kappa shape index (κ2) is 4.77. The van der Waals surface area contributed by atoms with Crippen LogP contribution in [0.5, 0.6) is 0 Å². The molecule has 0 atom stereocenters. The SMILES string of the molecule is Cc1cc(NC(=O)c2ccc3c(c2)c(C)c(C)n3C)no1. The van der Waals surface area contributed by atoms with Crippen molar-refractivity contribution in [3.05, 3.63) is 46.8 Å². The Morgan fingerprint density at radius 3 is 2.67 bits per heavy atom. The van der Waals surface area contributed by atoms with Crippen LogP contribution in [0.15, 0.2) is 28.8 Å². The molecule has 0 saturated heterocycles. The lowest BCUT2D eigenvalue weighted by molar-refractivity contribution is 0.102. The van der Waals surface area contributed by atoms with Gasteiger partial charge in [-0.15, -0.1) is 0 Å². The summed E-state index contributed by atoms with van der Waals surface area (Å²) < 4.78 is 7.07. The number of carbonyl (C=O) groups is 1. The van der Waals surface area contributed by atoms with Crippen LogP contribution in [0.3, 0.4) is 0 Å². The van der Waals surface area contributed by atoms with Crippen molar-refractivity contribution in [2.45, 2.75) is 20.8 Å². The predicted molar refractivity (Wildman–Crippen MR) is 81.6 cm³/mol. The van der Waals surface area contributed by atoms with Crippen LogP contribution in [0.25, 0.3) is 10.9 Å². The van der Waals surface area contributed by atoms with Crippen molar-refractivity contribution in [3.8, 4) is 0 Å². The number of hydrogen-bond donors (Lipinski definition) is 1. The molecule has 21 heavy (non-hydrogen) atoms. The molecule has 2 aromatic heterocycles. The van der Waals surface area contributed by atoms with Gasteiger partial charge in [-0.3, -0.25) is 4.79 Å². The van der Waals surface area contributed by atoms with E-state index in [1.165, 1.54) is 11.3 Å². The van der Waals surface area contributed by atoms with Gasteiger partial charge in [0.1, 0.15) is 5.76 Å². The topological polar surface area (TPSA) is 60.1 Å². The van der Waals surface area contributed by atoms with Gasteiger partial charge in [-0.25, -0.2) is 0 Å². The predicted octanol–water partition coefficient (Wildman–Crippen LogP) is 3.34. The van der Waals surface area contributed by atoms with E-state index in [1.807, 2.05) is 25.2 Å². The molecule has 0 unspecified atom stereocenters. The number of amides is 1. The highest BCUT2D eigenvalue weighted by Crippen LogP contribution is 2.25. The Morgan fingerprint density at radius 1 is 1.24 bits per heavy atom. The van der Waals surface area contributed by atoms with E-state index in [0.717, 1.165) is 10.9 Å². The van der Waals surface area contributed by atoms with E-state index in [-0.39, 0.29) is 5.91 Å². The molecule has 0 radical (unpaired) electrons. The van der Waals surface area contributed by atoms with Crippen LogP contribution in [0, 0.1) is 20.8 Å². The molecular weight excluding hydrogens is 266 g/mol. The molecule has 1 amide bonds. The minimum absolute atomic E-state index is 0.189. The molecule has 0 bridgehead atoms. The summed E-state index contributed by atoms with van der Waals surface area (Å²) in [6.07, 6.45) is 0. The van der Waals surface area contributed by atoms with Gasteiger partial charge in [-0.2, -0.15) is 0 Å². The van der Waals surface area contributed by atoms with Crippen molar-refractivity contribution in [1.29, 1.82) is 0 Å². The molecule has 0 aliphatic carbocycles. The second-order valence-corrected chi connectivity index (χ2v) is 5.28. The minimum atomic E-state index is -0.189. The fraction of sp³-hybridized carbons (Fsp3) is 0.250. The molecule has 3 rings (SSSR count). The number of carbonyl (C=O) groups excluding carboxylic acids is 1. The fourth-order valence-electron chi connectivity index (χ4n) is 2.51. The number of anilines is 1. The average Bonchev–Trinajstić information content (AvgIpc) is 2.97. The molecule has 0 spiro atoms. The summed E-state index contributed by atoms with van der Waals surface area (Å²) >= 11 is 0. The highest BCUT2D eigenvalue weighted by molar-refractivity contribution is 6.06. The Kier molecular flexibility index (Phi) is 3.05. The number of benzene rings is 1. The summed E-state index contributed by atoms with van der Waals surface area (Å²) in [5.74, 6) is 0.903. The van der Waals surface area contributed by atoms with Gasteiger partial charge in [0.25, 0.3) is 5.91 Å². The molecule has 5 heteroatoms. The zero-order chi connectivity index (χ0) is 15.1. The maximum Gasteiger partial charge on any atom is 0.256 e. The molecule has 1 aromatic carbocycles. The number of aromatic nitrogens is 2. The number of nitrogens with zero attached hydrogens (tertiary/aromatic N) is 2. The first-order valence-electron chi connectivity index (χ1n) is 6.77. The van der Waals surface area contributed by atoms with Crippen LogP contribution >= 0.6 is 0 Å². The van der Waals surface area contributed by atoms with Crippen LogP contribution in [0.4, 0.5) is 5.82 Å². The van der Waals surface area contributed by atoms with E-state index in [9.17, 15) is 4.79 Å². The summed E-state index contributed by atoms with van der Waals surface area (Å²) in [5.41, 5.74) is 4.13. The van der Waals surface area contributed by atoms with Gasteiger partial charge < -0.3 is 14.4 Å². The largest absolute Gasteiger partial charge is 0.360 e. The zero-order valence-corrected chi connectivity index (χ0v) is 12.5. The van der Waals surface area contributed by atoms with Crippen molar-refractivity contribution in [2.24, 2.45) is 7.05 Å². The maximum atomic E-state index is 12.3. The minimum Gasteiger partial charge on any atom is -0.360 e. The van der Waals surface area contributed by atoms with Crippen LogP contribution in [0.1, 0.15) is 27.4 Å². The molecule has 0 aliphatic heterocycles. The Morgan fingerprint density at radius 2 is 2.00 bits per heavy atom. The fourth-order valence-corrected chi connectivity index (χ4v) is 2.51. The first-order valence-corrected chi connectivity index (χ1v) is 6.77. The van der Waals surface area contributed by atoms with Crippen LogP contribution in [-0.4, -0.2) is 15.6 Å². The molecule has 0 saturated carbocycles. The van der Waals surface area contributed by atoms with Gasteiger partial charge in [0, 0.05) is 35.3 Å². The van der Waals surface area contributed by atoms with E-state index in [2.05, 4.69) is 28.9 Å². The first kappa shape index (κ1) is 13.4. The highest BCUT2D eigenvalue weighted by atomic mass is 16.5. The molecule has 1 N–H and O–H groups in total. The highest BCUT2D eigenvalue weighted by Gasteiger charge is 2.13. The van der Waals surface area contributed by atoms with E-state index in [1.54, 1.807) is 13.0 Å². The van der Waals surface area contributed by atoms with Crippen molar-refractivity contribution >= 4 is 22.6 Å². The van der Waals surface area contributed by atoms with Gasteiger partial charge >= 0.3 is 0 Å². The van der Waals surface area contributed by atoms with E-state index >= 15 is 0 Å². The molecule has 0 fully saturated rings. The van der Waals surface area contributed by atoms with Crippen molar-refractivity contribution < 1.29 is 9.32 Å². The number of hydrogen-bond acceptors (Lipinski definition) is 3. The van der Waals surface area contributed by atoms with Crippen molar-refractivity contribution in [1.82, 2.24) is 9.72 Å². The second-order valence-electron chi connectivity index (χ2n) is 5.28. The van der Waals surface area contributed by atoms with Crippen LogP contribution in [-0.2, 0) is 7.05 Å². The summed E-state index contributed by atoms with van der Waals surface area (Å²) in [6.45, 7) is 5.93. The lowest BCUT2D eigenvalue weighted by Gasteiger charge is -2.03. The number of fused-ring (bicyclic) bond motifs is 1. The third kappa shape index (κ3) is 2.20. The third-order valence-electron chi connectivity index (χ3n) is 3.94. The Bertz CT molecular complexity index is 843. The summed E-state index contributed by atoms with van der Waals surface area (Å²) in [5, 5.41) is 7.60. The maximum absolute atomic E-state index is 12.3. The zero-order valence-electron chi connectivity index (χ0n) is 12.5. The monoisotopic (exact) mass is 283 g/mol. The molecule has 108 valence electrons. The molecular formula is C16H17N3O2. The van der Waals surface area contributed by atoms with Crippen molar-refractivity contribution in [2.75, 3.05) is 5.32 Å². The lowest BCUT2D eigenvalue weighted by Crippen LogP contribution is -2.11. The molecule has 2 heterocycles. The summed E-state index contributed by atoms with van der Waals surface area (Å²) in [4.78, 5) is 12.3. The first-order chi connectivity index (χ1) is 9.97. The van der Waals surface area contributed by atoms with Gasteiger partial charge in [0.05, 0.1) is 0 Å². The smallest absolute Gasteiger partial charge is 0.256 e. The summed E-state index contributed by atoms with van der Waals surface area (Å²) in [7, 11) is 2.03. The number of rotatable bonds is 2. The normalized spacial score (nSPS) is 11.0. The van der Waals surface area contributed by atoms with Crippen molar-refractivity contribution in [3.63, 3.8) is 0 Å². The van der Waals surface area contributed by atoms with Gasteiger partial charge in [0.15, 0.2) is 5.82 Å². The molecule has 5 nitrogen and oxygen atoms in total. The number of aryl methyl sites for hydroxylation is 3. The van der Waals surface area contributed by atoms with E-state index in [4.69, 9.17) is 4.52 Å². The third-order valence-corrected chi connectivity index (χ3v) is 3.94. The summed E-state index contributed by atoms with van der Waals surface area (Å²) in [6, 6.07) is 7.40. The van der Waals surface area contributed by atoms with Gasteiger partial charge in [-0.1, -0.05) is 5.16 Å². The van der Waals surface area contributed by atoms with Gasteiger partial charge in [-0.05, 0) is 44.5 Å². The molecule has 3 aromatic rings. The lowest BCUT2D eigenvalue weighted by atomic mass is 10.1. The van der Waals surface area contributed by atoms with E-state index < -0.39 is 0 Å². The van der Waals surface area contributed by atoms with Gasteiger partial charge in [0.2, 0.25) is 0 Å². The van der Waals surface area contributed by atoms with E-state index in [0.29, 0.717) is 17.1 Å². The standard InChI is InChI=1S/C16H17N3O2/c1-9-7-15(18-21-9)17-16(20)12-5-6-14-13(8-12)10(2)11(3)19(14)4/h5-8H,1-4H3,(H,17,18,20). The van der Waals surface area contributed by atoms with Crippen LogP contribution < -0.4 is 5.32 Å². The Hall–Kier alpha value is -2.56. The Labute approximate surface area is 122 Å². The average molecular weight is 283 g/mol. The van der Waals surface area contributed by atoms with Crippen LogP contribution in [0.2, 0.25) is 0 Å². The number of nitrogens with one attached hydrogen (secondary N) is 1. The molecule has 0 aliphatic rings. The Balaban J connectivity index is 1.97.